The third-order valence-corrected chi connectivity index (χ3v) is 4.23. The topological polar surface area (TPSA) is 64.3 Å². The molecule has 0 unspecified atom stereocenters. The van der Waals surface area contributed by atoms with Crippen LogP contribution in [-0.4, -0.2) is 38.8 Å². The summed E-state index contributed by atoms with van der Waals surface area (Å²) in [6, 6.07) is 2.04. The van der Waals surface area contributed by atoms with Gasteiger partial charge in [-0.3, -0.25) is 0 Å². The molecule has 0 aromatic carbocycles. The maximum absolute atomic E-state index is 6.01. The van der Waals surface area contributed by atoms with Crippen molar-refractivity contribution in [2.75, 3.05) is 18.5 Å². The van der Waals surface area contributed by atoms with E-state index in [9.17, 15) is 0 Å². The van der Waals surface area contributed by atoms with Gasteiger partial charge in [0.25, 0.3) is 5.78 Å². The maximum Gasteiger partial charge on any atom is 0.254 e. The molecule has 1 aliphatic rings. The van der Waals surface area contributed by atoms with E-state index in [4.69, 9.17) is 4.74 Å². The highest BCUT2D eigenvalue weighted by atomic mass is 16.5. The minimum Gasteiger partial charge on any atom is -0.376 e. The van der Waals surface area contributed by atoms with Crippen molar-refractivity contribution >= 4 is 11.6 Å². The normalized spacial score (nSPS) is 16.8. The van der Waals surface area contributed by atoms with Crippen molar-refractivity contribution < 1.29 is 4.74 Å². The highest BCUT2D eigenvalue weighted by Gasteiger charge is 2.12. The van der Waals surface area contributed by atoms with E-state index < -0.39 is 0 Å². The first kappa shape index (κ1) is 15.2. The van der Waals surface area contributed by atoms with Crippen LogP contribution in [0.3, 0.4) is 0 Å². The summed E-state index contributed by atoms with van der Waals surface area (Å²) in [7, 11) is 0. The van der Waals surface area contributed by atoms with Crippen molar-refractivity contribution in [2.45, 2.75) is 58.0 Å². The Balaban J connectivity index is 1.53. The Morgan fingerprint density at radius 2 is 2.09 bits per heavy atom. The molecule has 2 aromatic rings. The summed E-state index contributed by atoms with van der Waals surface area (Å²) >= 11 is 0. The first-order valence-corrected chi connectivity index (χ1v) is 8.42. The van der Waals surface area contributed by atoms with E-state index >= 15 is 0 Å². The molecule has 1 aliphatic carbocycles. The molecule has 0 radical (unpaired) electrons. The fraction of sp³-hybridized carbons (Fsp3) is 0.688. The van der Waals surface area contributed by atoms with Crippen molar-refractivity contribution in [3.8, 4) is 0 Å². The lowest BCUT2D eigenvalue weighted by Crippen LogP contribution is -2.18. The van der Waals surface area contributed by atoms with Crippen LogP contribution in [0.15, 0.2) is 12.4 Å². The fourth-order valence-electron chi connectivity index (χ4n) is 2.98. The smallest absolute Gasteiger partial charge is 0.254 e. The van der Waals surface area contributed by atoms with Crippen LogP contribution < -0.4 is 5.32 Å². The Bertz CT molecular complexity index is 589. The van der Waals surface area contributed by atoms with Crippen LogP contribution >= 0.6 is 0 Å². The second-order valence-corrected chi connectivity index (χ2v) is 5.87. The summed E-state index contributed by atoms with van der Waals surface area (Å²) in [6.45, 7) is 3.59. The van der Waals surface area contributed by atoms with Gasteiger partial charge in [0.1, 0.15) is 12.1 Å². The summed E-state index contributed by atoms with van der Waals surface area (Å²) < 4.78 is 7.75. The van der Waals surface area contributed by atoms with E-state index in [1.54, 1.807) is 4.52 Å². The van der Waals surface area contributed by atoms with Gasteiger partial charge in [-0.05, 0) is 19.3 Å². The molecule has 2 heterocycles. The summed E-state index contributed by atoms with van der Waals surface area (Å²) in [5.41, 5.74) is 1.02. The van der Waals surface area contributed by atoms with Gasteiger partial charge in [-0.15, -0.1) is 0 Å². The molecule has 0 saturated heterocycles. The molecular formula is C16H25N5O. The minimum atomic E-state index is 0.444. The average molecular weight is 303 g/mol. The summed E-state index contributed by atoms with van der Waals surface area (Å²) in [4.78, 5) is 8.61. The summed E-state index contributed by atoms with van der Waals surface area (Å²) in [6.07, 6.45) is 10.6. The molecule has 1 saturated carbocycles. The standard InChI is InChI=1S/C16H25N5O/c1-2-13-11-15(21-16(20-13)18-12-19-21)17-9-10-22-14-7-5-3-4-6-8-14/h11-12,14,17H,2-10H2,1H3. The highest BCUT2D eigenvalue weighted by Crippen LogP contribution is 2.19. The number of rotatable bonds is 6. The van der Waals surface area contributed by atoms with Crippen LogP contribution in [0.4, 0.5) is 5.82 Å². The zero-order chi connectivity index (χ0) is 15.2. The lowest BCUT2D eigenvalue weighted by atomic mass is 10.1. The van der Waals surface area contributed by atoms with E-state index in [1.807, 2.05) is 6.07 Å². The Morgan fingerprint density at radius 1 is 1.27 bits per heavy atom. The number of aryl methyl sites for hydroxylation is 1. The quantitative estimate of drug-likeness (QED) is 0.656. The van der Waals surface area contributed by atoms with Crippen LogP contribution in [-0.2, 0) is 11.2 Å². The molecular weight excluding hydrogens is 278 g/mol. The van der Waals surface area contributed by atoms with Crippen molar-refractivity contribution in [3.63, 3.8) is 0 Å². The minimum absolute atomic E-state index is 0.444. The fourth-order valence-corrected chi connectivity index (χ4v) is 2.98. The molecule has 0 bridgehead atoms. The predicted octanol–water partition coefficient (Wildman–Crippen LogP) is 2.84. The number of fused-ring (bicyclic) bond motifs is 1. The number of ether oxygens (including phenoxy) is 1. The van der Waals surface area contributed by atoms with Crippen molar-refractivity contribution in [1.82, 2.24) is 19.6 Å². The first-order chi connectivity index (χ1) is 10.9. The van der Waals surface area contributed by atoms with Gasteiger partial charge in [0.05, 0.1) is 12.7 Å². The zero-order valence-electron chi connectivity index (χ0n) is 13.3. The number of aromatic nitrogens is 4. The van der Waals surface area contributed by atoms with Gasteiger partial charge >= 0.3 is 0 Å². The molecule has 6 nitrogen and oxygen atoms in total. The van der Waals surface area contributed by atoms with E-state index in [1.165, 1.54) is 44.9 Å². The average Bonchev–Trinajstić information content (AvgIpc) is 2.87. The van der Waals surface area contributed by atoms with Gasteiger partial charge in [-0.2, -0.15) is 14.6 Å². The van der Waals surface area contributed by atoms with E-state index in [0.29, 0.717) is 11.9 Å². The molecule has 120 valence electrons. The van der Waals surface area contributed by atoms with Crippen LogP contribution in [0.1, 0.15) is 51.1 Å². The van der Waals surface area contributed by atoms with Gasteiger partial charge < -0.3 is 10.1 Å². The second kappa shape index (κ2) is 7.54. The van der Waals surface area contributed by atoms with Gasteiger partial charge in [-0.1, -0.05) is 32.6 Å². The van der Waals surface area contributed by atoms with Gasteiger partial charge in [-0.25, -0.2) is 4.98 Å². The molecule has 0 spiro atoms. The van der Waals surface area contributed by atoms with E-state index in [-0.39, 0.29) is 0 Å². The van der Waals surface area contributed by atoms with E-state index in [2.05, 4.69) is 27.3 Å². The number of anilines is 1. The molecule has 6 heteroatoms. The van der Waals surface area contributed by atoms with Gasteiger partial charge in [0.15, 0.2) is 0 Å². The van der Waals surface area contributed by atoms with Crippen LogP contribution in [0.25, 0.3) is 5.78 Å². The SMILES string of the molecule is CCc1cc(NCCOC2CCCCCC2)n2ncnc2n1. The van der Waals surface area contributed by atoms with Crippen molar-refractivity contribution in [1.29, 1.82) is 0 Å². The molecule has 3 rings (SSSR count). The van der Waals surface area contributed by atoms with Gasteiger partial charge in [0.2, 0.25) is 0 Å². The summed E-state index contributed by atoms with van der Waals surface area (Å²) in [5, 5.41) is 7.61. The maximum atomic E-state index is 6.01. The monoisotopic (exact) mass is 303 g/mol. The third-order valence-electron chi connectivity index (χ3n) is 4.23. The lowest BCUT2D eigenvalue weighted by molar-refractivity contribution is 0.0501. The molecule has 0 atom stereocenters. The number of hydrogen-bond donors (Lipinski definition) is 1. The Morgan fingerprint density at radius 3 is 2.86 bits per heavy atom. The Kier molecular flexibility index (Phi) is 5.21. The van der Waals surface area contributed by atoms with Crippen LogP contribution in [0, 0.1) is 0 Å². The van der Waals surface area contributed by atoms with Crippen LogP contribution in [0.5, 0.6) is 0 Å². The second-order valence-electron chi connectivity index (χ2n) is 5.87. The number of hydrogen-bond acceptors (Lipinski definition) is 5. The Hall–Kier alpha value is -1.69. The lowest BCUT2D eigenvalue weighted by Gasteiger charge is -2.16. The van der Waals surface area contributed by atoms with Crippen molar-refractivity contribution in [3.05, 3.63) is 18.1 Å². The molecule has 22 heavy (non-hydrogen) atoms. The molecule has 1 N–H and O–H groups in total. The molecule has 0 aliphatic heterocycles. The largest absolute Gasteiger partial charge is 0.376 e. The van der Waals surface area contributed by atoms with E-state index in [0.717, 1.165) is 31.1 Å². The number of nitrogens with zero attached hydrogens (tertiary/aromatic N) is 4. The van der Waals surface area contributed by atoms with Crippen molar-refractivity contribution in [2.24, 2.45) is 0 Å². The third kappa shape index (κ3) is 3.74. The van der Waals surface area contributed by atoms with Crippen LogP contribution in [0.2, 0.25) is 0 Å². The molecule has 0 amide bonds. The summed E-state index contributed by atoms with van der Waals surface area (Å²) in [5.74, 6) is 1.58. The van der Waals surface area contributed by atoms with Gasteiger partial charge in [0, 0.05) is 18.3 Å². The zero-order valence-corrected chi connectivity index (χ0v) is 13.3. The highest BCUT2D eigenvalue weighted by molar-refractivity contribution is 5.44. The molecule has 1 fully saturated rings. The molecule has 2 aromatic heterocycles. The first-order valence-electron chi connectivity index (χ1n) is 8.42. The Labute approximate surface area is 131 Å². The predicted molar refractivity (Wildman–Crippen MR) is 86.1 cm³/mol. The number of nitrogens with one attached hydrogen (secondary N) is 1.